The van der Waals surface area contributed by atoms with Gasteiger partial charge in [-0.1, -0.05) is 19.8 Å². The van der Waals surface area contributed by atoms with Crippen molar-refractivity contribution in [1.29, 1.82) is 0 Å². The molecule has 1 rings (SSSR count). The van der Waals surface area contributed by atoms with Crippen molar-refractivity contribution in [1.82, 2.24) is 5.32 Å². The Morgan fingerprint density at radius 3 is 1.96 bits per heavy atom. The minimum atomic E-state index is -5.00. The van der Waals surface area contributed by atoms with Gasteiger partial charge in [0.2, 0.25) is 5.91 Å². The molecule has 1 N–H and O–H groups in total. The van der Waals surface area contributed by atoms with Crippen molar-refractivity contribution in [3.8, 4) is 0 Å². The quantitative estimate of drug-likeness (QED) is 0.555. The van der Waals surface area contributed by atoms with E-state index < -0.39 is 53.4 Å². The molecule has 1 aromatic carbocycles. The van der Waals surface area contributed by atoms with Crippen molar-refractivity contribution in [3.63, 3.8) is 0 Å². The van der Waals surface area contributed by atoms with Crippen LogP contribution in [-0.4, -0.2) is 25.0 Å². The molecule has 0 spiro atoms. The third-order valence-electron chi connectivity index (χ3n) is 3.68. The van der Waals surface area contributed by atoms with Crippen molar-refractivity contribution in [3.05, 3.63) is 34.9 Å². The summed E-state index contributed by atoms with van der Waals surface area (Å²) in [5.41, 5.74) is -3.47. The summed E-state index contributed by atoms with van der Waals surface area (Å²) in [4.78, 5) is 23.7. The Hall–Kier alpha value is -2.26. The molecule has 0 saturated heterocycles. The van der Waals surface area contributed by atoms with Crippen molar-refractivity contribution in [2.75, 3.05) is 7.11 Å². The van der Waals surface area contributed by atoms with E-state index in [0.29, 0.717) is 25.0 Å². The summed E-state index contributed by atoms with van der Waals surface area (Å²) < 4.78 is 81.6. The molecule has 1 aromatic rings. The third-order valence-corrected chi connectivity index (χ3v) is 3.68. The third kappa shape index (κ3) is 7.10. The number of hydrogen-bond donors (Lipinski definition) is 1. The van der Waals surface area contributed by atoms with Crippen LogP contribution >= 0.6 is 0 Å². The number of benzene rings is 1. The van der Waals surface area contributed by atoms with Gasteiger partial charge in [-0.05, 0) is 30.2 Å². The van der Waals surface area contributed by atoms with E-state index in [1.165, 1.54) is 0 Å². The number of hydrogen-bond acceptors (Lipinski definition) is 3. The minimum absolute atomic E-state index is 0.0140. The van der Waals surface area contributed by atoms with E-state index >= 15 is 0 Å². The summed E-state index contributed by atoms with van der Waals surface area (Å²) in [6.45, 7) is 1.84. The minimum Gasteiger partial charge on any atom is -0.467 e. The number of rotatable bonds is 7. The van der Waals surface area contributed by atoms with Gasteiger partial charge in [0, 0.05) is 0 Å². The maximum absolute atomic E-state index is 12.8. The second-order valence-electron chi connectivity index (χ2n) is 5.88. The molecule has 0 aromatic heterocycles. The topological polar surface area (TPSA) is 55.4 Å². The Bertz CT molecular complexity index is 637. The van der Waals surface area contributed by atoms with Crippen LogP contribution in [-0.2, 0) is 33.1 Å². The molecule has 0 saturated carbocycles. The standard InChI is InChI=1S/C17H19F6NO3/c1-3-4-5-13(15(26)27-2)24-14(25)8-10-6-11(16(18,19)20)9-12(7-10)17(21,22)23/h6-7,9,13H,3-5,8H2,1-2H3,(H,24,25)/t13-/m0/s1. The smallest absolute Gasteiger partial charge is 0.416 e. The zero-order valence-corrected chi connectivity index (χ0v) is 14.6. The van der Waals surface area contributed by atoms with E-state index in [9.17, 15) is 35.9 Å². The summed E-state index contributed by atoms with van der Waals surface area (Å²) in [6.07, 6.45) is -9.21. The molecule has 10 heteroatoms. The van der Waals surface area contributed by atoms with Gasteiger partial charge in [0.05, 0.1) is 24.7 Å². The summed E-state index contributed by atoms with van der Waals surface area (Å²) in [5.74, 6) is -1.62. The lowest BCUT2D eigenvalue weighted by Crippen LogP contribution is -2.42. The number of ether oxygens (including phenoxy) is 1. The van der Waals surface area contributed by atoms with Gasteiger partial charge in [0.1, 0.15) is 6.04 Å². The highest BCUT2D eigenvalue weighted by atomic mass is 19.4. The zero-order chi connectivity index (χ0) is 20.8. The van der Waals surface area contributed by atoms with Crippen molar-refractivity contribution in [2.45, 2.75) is 51.0 Å². The predicted molar refractivity (Wildman–Crippen MR) is 83.6 cm³/mol. The van der Waals surface area contributed by atoms with Gasteiger partial charge in [0.25, 0.3) is 0 Å². The summed E-state index contributed by atoms with van der Waals surface area (Å²) in [7, 11) is 1.11. The first-order valence-electron chi connectivity index (χ1n) is 8.04. The molecule has 0 aliphatic heterocycles. The summed E-state index contributed by atoms with van der Waals surface area (Å²) in [5, 5.41) is 2.29. The SMILES string of the molecule is CCCC[C@H](NC(=O)Cc1cc(C(F)(F)F)cc(C(F)(F)F)c1)C(=O)OC. The van der Waals surface area contributed by atoms with Crippen molar-refractivity contribution >= 4 is 11.9 Å². The lowest BCUT2D eigenvalue weighted by Gasteiger charge is -2.17. The van der Waals surface area contributed by atoms with Crippen molar-refractivity contribution in [2.24, 2.45) is 0 Å². The number of halogens is 6. The van der Waals surface area contributed by atoms with Crippen LogP contribution in [0.25, 0.3) is 0 Å². The molecule has 0 aliphatic rings. The second kappa shape index (κ2) is 9.09. The Labute approximate surface area is 151 Å². The fourth-order valence-corrected chi connectivity index (χ4v) is 2.35. The fraction of sp³-hybridized carbons (Fsp3) is 0.529. The normalized spacial score (nSPS) is 13.2. The van der Waals surface area contributed by atoms with Gasteiger partial charge >= 0.3 is 18.3 Å². The molecule has 0 bridgehead atoms. The molecular weight excluding hydrogens is 380 g/mol. The highest BCUT2D eigenvalue weighted by molar-refractivity contribution is 5.85. The predicted octanol–water partition coefficient (Wildman–Crippen LogP) is 4.11. The molecule has 0 aliphatic carbocycles. The Morgan fingerprint density at radius 1 is 1.04 bits per heavy atom. The molecule has 1 atom stereocenters. The highest BCUT2D eigenvalue weighted by Gasteiger charge is 2.37. The van der Waals surface area contributed by atoms with Gasteiger partial charge < -0.3 is 10.1 Å². The number of carbonyl (C=O) groups is 2. The van der Waals surface area contributed by atoms with E-state index in [1.807, 2.05) is 6.92 Å². The number of methoxy groups -OCH3 is 1. The first-order valence-corrected chi connectivity index (χ1v) is 8.04. The highest BCUT2D eigenvalue weighted by Crippen LogP contribution is 2.36. The summed E-state index contributed by atoms with van der Waals surface area (Å²) in [6, 6.07) is -0.0718. The van der Waals surface area contributed by atoms with E-state index in [2.05, 4.69) is 10.1 Å². The van der Waals surface area contributed by atoms with Crippen LogP contribution in [0.15, 0.2) is 18.2 Å². The molecule has 1 amide bonds. The number of nitrogens with one attached hydrogen (secondary N) is 1. The van der Waals surface area contributed by atoms with Gasteiger partial charge in [-0.15, -0.1) is 0 Å². The first-order chi connectivity index (χ1) is 12.4. The molecule has 152 valence electrons. The van der Waals surface area contributed by atoms with E-state index in [1.54, 1.807) is 0 Å². The van der Waals surface area contributed by atoms with E-state index in [0.717, 1.165) is 7.11 Å². The van der Waals surface area contributed by atoms with Gasteiger partial charge in [-0.25, -0.2) is 4.79 Å². The Kier molecular flexibility index (Phi) is 7.67. The molecule has 0 unspecified atom stereocenters. The van der Waals surface area contributed by atoms with Crippen LogP contribution in [0.5, 0.6) is 0 Å². The Balaban J connectivity index is 3.05. The van der Waals surface area contributed by atoms with Gasteiger partial charge in [-0.3, -0.25) is 4.79 Å². The number of unbranched alkanes of at least 4 members (excludes halogenated alkanes) is 1. The van der Waals surface area contributed by atoms with Crippen LogP contribution in [0.2, 0.25) is 0 Å². The van der Waals surface area contributed by atoms with Gasteiger partial charge in [-0.2, -0.15) is 26.3 Å². The summed E-state index contributed by atoms with van der Waals surface area (Å²) >= 11 is 0. The molecule has 0 fully saturated rings. The molecule has 27 heavy (non-hydrogen) atoms. The number of alkyl halides is 6. The molecule has 0 heterocycles. The molecule has 4 nitrogen and oxygen atoms in total. The van der Waals surface area contributed by atoms with Crippen LogP contribution in [0, 0.1) is 0 Å². The second-order valence-corrected chi connectivity index (χ2v) is 5.88. The maximum Gasteiger partial charge on any atom is 0.416 e. The fourth-order valence-electron chi connectivity index (χ4n) is 2.35. The van der Waals surface area contributed by atoms with Crippen LogP contribution < -0.4 is 5.32 Å². The lowest BCUT2D eigenvalue weighted by atomic mass is 10.0. The van der Waals surface area contributed by atoms with E-state index in [4.69, 9.17) is 0 Å². The van der Waals surface area contributed by atoms with Crippen molar-refractivity contribution < 1.29 is 40.7 Å². The number of amides is 1. The molecule has 0 radical (unpaired) electrons. The molecular formula is C17H19F6NO3. The number of carbonyl (C=O) groups excluding carboxylic acids is 2. The Morgan fingerprint density at radius 2 is 1.56 bits per heavy atom. The zero-order valence-electron chi connectivity index (χ0n) is 14.6. The van der Waals surface area contributed by atoms with Gasteiger partial charge in [0.15, 0.2) is 0 Å². The maximum atomic E-state index is 12.8. The number of esters is 1. The average Bonchev–Trinajstić information content (AvgIpc) is 2.55. The lowest BCUT2D eigenvalue weighted by molar-refractivity contribution is -0.145. The average molecular weight is 399 g/mol. The largest absolute Gasteiger partial charge is 0.467 e. The van der Waals surface area contributed by atoms with Crippen LogP contribution in [0.4, 0.5) is 26.3 Å². The van der Waals surface area contributed by atoms with Crippen LogP contribution in [0.3, 0.4) is 0 Å². The first kappa shape index (κ1) is 22.8. The monoisotopic (exact) mass is 399 g/mol. The van der Waals surface area contributed by atoms with E-state index in [-0.39, 0.29) is 12.5 Å². The van der Waals surface area contributed by atoms with Crippen LogP contribution in [0.1, 0.15) is 42.9 Å².